The zero-order valence-electron chi connectivity index (χ0n) is 8.02. The second-order valence-corrected chi connectivity index (χ2v) is 3.00. The van der Waals surface area contributed by atoms with E-state index in [9.17, 15) is 31.9 Å². The first-order valence-electron chi connectivity index (χ1n) is 4.17. The standard InChI is InChI=1S/C10H5F5O2/c11-6-2-1-5(3-7(6)12)8(16)4-9(17)10(13,14)15/h1-4,16H/p-1/b8-4-. The summed E-state index contributed by atoms with van der Waals surface area (Å²) in [5, 5.41) is 11.1. The Labute approximate surface area is 92.0 Å². The van der Waals surface area contributed by atoms with Crippen LogP contribution < -0.4 is 5.11 Å². The molecule has 0 saturated heterocycles. The van der Waals surface area contributed by atoms with E-state index in [1.54, 1.807) is 0 Å². The van der Waals surface area contributed by atoms with E-state index in [2.05, 4.69) is 0 Å². The van der Waals surface area contributed by atoms with Gasteiger partial charge in [0.05, 0.1) is 0 Å². The van der Waals surface area contributed by atoms with Gasteiger partial charge >= 0.3 is 6.18 Å². The SMILES string of the molecule is O=C(/C=C(\[O-])c1ccc(F)c(F)c1)C(F)(F)F. The second-order valence-electron chi connectivity index (χ2n) is 3.00. The number of carbonyl (C=O) groups excluding carboxylic acids is 1. The van der Waals surface area contributed by atoms with Crippen molar-refractivity contribution in [1.82, 2.24) is 0 Å². The van der Waals surface area contributed by atoms with Gasteiger partial charge in [-0.1, -0.05) is 11.8 Å². The quantitative estimate of drug-likeness (QED) is 0.456. The molecule has 0 spiro atoms. The average molecular weight is 251 g/mol. The highest BCUT2D eigenvalue weighted by Gasteiger charge is 2.36. The Bertz CT molecular complexity index is 476. The molecule has 0 amide bonds. The third-order valence-electron chi connectivity index (χ3n) is 1.75. The first-order chi connectivity index (χ1) is 7.71. The molecule has 0 aromatic heterocycles. The monoisotopic (exact) mass is 251 g/mol. The molecule has 0 aliphatic heterocycles. The van der Waals surface area contributed by atoms with Crippen molar-refractivity contribution in [2.45, 2.75) is 6.18 Å². The molecular formula is C10H4F5O2-. The summed E-state index contributed by atoms with van der Waals surface area (Å²) in [6, 6.07) is 1.77. The van der Waals surface area contributed by atoms with Crippen LogP contribution in [0.4, 0.5) is 22.0 Å². The first kappa shape index (κ1) is 13.1. The van der Waals surface area contributed by atoms with E-state index in [4.69, 9.17) is 0 Å². The molecular weight excluding hydrogens is 247 g/mol. The number of hydrogen-bond donors (Lipinski definition) is 0. The fourth-order valence-corrected chi connectivity index (χ4v) is 0.934. The molecule has 0 N–H and O–H groups in total. The van der Waals surface area contributed by atoms with Crippen molar-refractivity contribution in [3.8, 4) is 0 Å². The van der Waals surface area contributed by atoms with Gasteiger partial charge < -0.3 is 5.11 Å². The van der Waals surface area contributed by atoms with Crippen LogP contribution >= 0.6 is 0 Å². The van der Waals surface area contributed by atoms with Gasteiger partial charge in [-0.2, -0.15) is 13.2 Å². The molecule has 92 valence electrons. The molecule has 0 bridgehead atoms. The number of carbonyl (C=O) groups is 1. The molecule has 7 heteroatoms. The topological polar surface area (TPSA) is 40.1 Å². The van der Waals surface area contributed by atoms with E-state index in [1.807, 2.05) is 0 Å². The van der Waals surface area contributed by atoms with Crippen LogP contribution in [-0.2, 0) is 4.79 Å². The largest absolute Gasteiger partial charge is 0.872 e. The average Bonchev–Trinajstić information content (AvgIpc) is 2.20. The molecule has 0 radical (unpaired) electrons. The van der Waals surface area contributed by atoms with E-state index in [1.165, 1.54) is 0 Å². The van der Waals surface area contributed by atoms with Crippen LogP contribution in [0.15, 0.2) is 24.3 Å². The number of hydrogen-bond acceptors (Lipinski definition) is 2. The van der Waals surface area contributed by atoms with Crippen LogP contribution in [0.2, 0.25) is 0 Å². The molecule has 0 aliphatic rings. The number of benzene rings is 1. The Morgan fingerprint density at radius 3 is 2.24 bits per heavy atom. The summed E-state index contributed by atoms with van der Waals surface area (Å²) < 4.78 is 60.5. The van der Waals surface area contributed by atoms with Crippen molar-refractivity contribution in [2.24, 2.45) is 0 Å². The van der Waals surface area contributed by atoms with Gasteiger partial charge in [-0.15, -0.1) is 0 Å². The molecule has 1 aromatic rings. The van der Waals surface area contributed by atoms with Gasteiger partial charge in [0.15, 0.2) is 11.6 Å². The number of halogens is 5. The van der Waals surface area contributed by atoms with E-state index in [0.29, 0.717) is 12.1 Å². The molecule has 0 aliphatic carbocycles. The smallest absolute Gasteiger partial charge is 0.454 e. The van der Waals surface area contributed by atoms with E-state index >= 15 is 0 Å². The molecule has 0 saturated carbocycles. The normalized spacial score (nSPS) is 12.6. The van der Waals surface area contributed by atoms with Gasteiger partial charge in [0.25, 0.3) is 5.78 Å². The van der Waals surface area contributed by atoms with Gasteiger partial charge in [-0.3, -0.25) is 4.79 Å². The number of ketones is 1. The van der Waals surface area contributed by atoms with Crippen LogP contribution in [0.1, 0.15) is 5.56 Å². The molecule has 2 nitrogen and oxygen atoms in total. The van der Waals surface area contributed by atoms with Gasteiger partial charge in [0.2, 0.25) is 0 Å². The van der Waals surface area contributed by atoms with Crippen molar-refractivity contribution < 1.29 is 31.9 Å². The summed E-state index contributed by atoms with van der Waals surface area (Å²) in [7, 11) is 0. The lowest BCUT2D eigenvalue weighted by atomic mass is 10.1. The molecule has 1 rings (SSSR count). The summed E-state index contributed by atoms with van der Waals surface area (Å²) in [4.78, 5) is 10.4. The fraction of sp³-hybridized carbons (Fsp3) is 0.100. The Hall–Kier alpha value is -1.92. The van der Waals surface area contributed by atoms with Crippen LogP contribution in [0.3, 0.4) is 0 Å². The molecule has 1 aromatic carbocycles. The summed E-state index contributed by atoms with van der Waals surface area (Å²) in [5.41, 5.74) is -0.540. The van der Waals surface area contributed by atoms with E-state index in [-0.39, 0.29) is 6.08 Å². The van der Waals surface area contributed by atoms with Crippen molar-refractivity contribution in [3.63, 3.8) is 0 Å². The minimum atomic E-state index is -5.17. The maximum atomic E-state index is 12.7. The highest BCUT2D eigenvalue weighted by atomic mass is 19.4. The zero-order valence-corrected chi connectivity index (χ0v) is 8.02. The third-order valence-corrected chi connectivity index (χ3v) is 1.75. The summed E-state index contributed by atoms with van der Waals surface area (Å²) in [6.07, 6.45) is -5.39. The van der Waals surface area contributed by atoms with Gasteiger partial charge in [0.1, 0.15) is 0 Å². The Morgan fingerprint density at radius 2 is 1.76 bits per heavy atom. The van der Waals surface area contributed by atoms with Crippen molar-refractivity contribution >= 4 is 11.5 Å². The summed E-state index contributed by atoms with van der Waals surface area (Å²) in [6.45, 7) is 0. The molecule has 0 fully saturated rings. The Kier molecular flexibility index (Phi) is 3.50. The van der Waals surface area contributed by atoms with Crippen molar-refractivity contribution in [2.75, 3.05) is 0 Å². The second kappa shape index (κ2) is 4.52. The molecule has 0 unspecified atom stereocenters. The number of rotatable bonds is 2. The Morgan fingerprint density at radius 1 is 1.18 bits per heavy atom. The number of allylic oxidation sites excluding steroid dienone is 1. The first-order valence-corrected chi connectivity index (χ1v) is 4.17. The van der Waals surface area contributed by atoms with Crippen molar-refractivity contribution in [1.29, 1.82) is 0 Å². The highest BCUT2D eigenvalue weighted by Crippen LogP contribution is 2.19. The van der Waals surface area contributed by atoms with Crippen LogP contribution in [0.25, 0.3) is 5.76 Å². The summed E-state index contributed by atoms with van der Waals surface area (Å²) >= 11 is 0. The lowest BCUT2D eigenvalue weighted by Crippen LogP contribution is -2.22. The molecule has 0 atom stereocenters. The predicted octanol–water partition coefficient (Wildman–Crippen LogP) is 1.80. The minimum absolute atomic E-state index is 0.216. The fourth-order valence-electron chi connectivity index (χ4n) is 0.934. The number of alkyl halides is 3. The lowest BCUT2D eigenvalue weighted by Gasteiger charge is -2.12. The van der Waals surface area contributed by atoms with Crippen LogP contribution in [0, 0.1) is 11.6 Å². The Balaban J connectivity index is 3.04. The third kappa shape index (κ3) is 3.27. The van der Waals surface area contributed by atoms with Crippen molar-refractivity contribution in [3.05, 3.63) is 41.5 Å². The van der Waals surface area contributed by atoms with Crippen LogP contribution in [0.5, 0.6) is 0 Å². The van der Waals surface area contributed by atoms with Gasteiger partial charge in [-0.05, 0) is 23.8 Å². The summed E-state index contributed by atoms with van der Waals surface area (Å²) in [5.74, 6) is -6.33. The highest BCUT2D eigenvalue weighted by molar-refractivity contribution is 5.98. The molecule has 17 heavy (non-hydrogen) atoms. The van der Waals surface area contributed by atoms with Crippen LogP contribution in [-0.4, -0.2) is 12.0 Å². The maximum absolute atomic E-state index is 12.7. The zero-order chi connectivity index (χ0) is 13.2. The van der Waals surface area contributed by atoms with E-state index < -0.39 is 34.9 Å². The lowest BCUT2D eigenvalue weighted by molar-refractivity contribution is -0.244. The maximum Gasteiger partial charge on any atom is 0.454 e. The predicted molar refractivity (Wildman–Crippen MR) is 45.4 cm³/mol. The van der Waals surface area contributed by atoms with E-state index in [0.717, 1.165) is 6.07 Å². The minimum Gasteiger partial charge on any atom is -0.872 e. The van der Waals surface area contributed by atoms with Gasteiger partial charge in [-0.25, -0.2) is 8.78 Å². The molecule has 0 heterocycles. The van der Waals surface area contributed by atoms with Gasteiger partial charge in [0, 0.05) is 0 Å².